The van der Waals surface area contributed by atoms with Gasteiger partial charge in [0.1, 0.15) is 0 Å². The maximum absolute atomic E-state index is 12.2. The molecule has 0 unspecified atom stereocenters. The summed E-state index contributed by atoms with van der Waals surface area (Å²) in [4.78, 5) is 21.1. The lowest BCUT2D eigenvalue weighted by Crippen LogP contribution is -2.25. The number of amides is 1. The first-order chi connectivity index (χ1) is 13.8. The standard InChI is InChI=1S/C20H19N7O/c28-20(25-15-5-6-15)14-3-1-13(2-4-14)17-12-23-19-18(21-9-10-27(17)19)22-11-16-7-8-24-26-16/h1-4,7-10,12,15H,5-6,11H2,(H,21,22)(H,24,26)(H,25,28). The molecule has 28 heavy (non-hydrogen) atoms. The van der Waals surface area contributed by atoms with Gasteiger partial charge >= 0.3 is 0 Å². The van der Waals surface area contributed by atoms with Crippen LogP contribution in [0.2, 0.25) is 0 Å². The molecule has 4 aromatic rings. The molecule has 1 fully saturated rings. The van der Waals surface area contributed by atoms with Crippen molar-refractivity contribution in [2.75, 3.05) is 5.32 Å². The summed E-state index contributed by atoms with van der Waals surface area (Å²) < 4.78 is 1.99. The molecule has 3 N–H and O–H groups in total. The number of aromatic amines is 1. The fourth-order valence-corrected chi connectivity index (χ4v) is 3.11. The molecule has 140 valence electrons. The fourth-order valence-electron chi connectivity index (χ4n) is 3.11. The predicted molar refractivity (Wildman–Crippen MR) is 105 cm³/mol. The van der Waals surface area contributed by atoms with Crippen LogP contribution in [0.25, 0.3) is 16.9 Å². The molecule has 1 aromatic carbocycles. The SMILES string of the molecule is O=C(NC1CC1)c1ccc(-c2cnc3c(NCc4ccn[nH]4)nccn23)cc1. The van der Waals surface area contributed by atoms with Gasteiger partial charge in [-0.2, -0.15) is 5.10 Å². The molecule has 0 bridgehead atoms. The highest BCUT2D eigenvalue weighted by molar-refractivity contribution is 5.95. The number of hydrogen-bond acceptors (Lipinski definition) is 5. The Bertz CT molecular complexity index is 1110. The van der Waals surface area contributed by atoms with E-state index in [1.807, 2.05) is 47.1 Å². The van der Waals surface area contributed by atoms with E-state index in [0.29, 0.717) is 24.0 Å². The van der Waals surface area contributed by atoms with Gasteiger partial charge in [-0.1, -0.05) is 12.1 Å². The summed E-state index contributed by atoms with van der Waals surface area (Å²) in [6.07, 6.45) is 9.31. The number of imidazole rings is 1. The van der Waals surface area contributed by atoms with Crippen LogP contribution in [0.1, 0.15) is 28.9 Å². The van der Waals surface area contributed by atoms with Gasteiger partial charge in [0.05, 0.1) is 24.1 Å². The second-order valence-electron chi connectivity index (χ2n) is 6.87. The molecule has 1 aliphatic rings. The third kappa shape index (κ3) is 3.20. The second kappa shape index (κ2) is 6.80. The Kier molecular flexibility index (Phi) is 4.01. The van der Waals surface area contributed by atoms with Crippen molar-refractivity contribution >= 4 is 17.4 Å². The van der Waals surface area contributed by atoms with Crippen LogP contribution in [0.5, 0.6) is 0 Å². The zero-order valence-electron chi connectivity index (χ0n) is 15.1. The average Bonchev–Trinajstić information content (AvgIpc) is 3.20. The molecule has 0 radical (unpaired) electrons. The molecule has 1 amide bonds. The highest BCUT2D eigenvalue weighted by Crippen LogP contribution is 2.24. The number of rotatable bonds is 6. The molecule has 5 rings (SSSR count). The van der Waals surface area contributed by atoms with Crippen molar-refractivity contribution in [3.8, 4) is 11.3 Å². The van der Waals surface area contributed by atoms with Gasteiger partial charge in [0.2, 0.25) is 0 Å². The minimum Gasteiger partial charge on any atom is -0.361 e. The fraction of sp³-hybridized carbons (Fsp3) is 0.200. The van der Waals surface area contributed by atoms with Crippen LogP contribution in [0.4, 0.5) is 5.82 Å². The van der Waals surface area contributed by atoms with Gasteiger partial charge in [-0.25, -0.2) is 9.97 Å². The van der Waals surface area contributed by atoms with E-state index in [9.17, 15) is 4.79 Å². The van der Waals surface area contributed by atoms with Gasteiger partial charge in [0.25, 0.3) is 5.91 Å². The number of fused-ring (bicyclic) bond motifs is 1. The third-order valence-corrected chi connectivity index (χ3v) is 4.79. The summed E-state index contributed by atoms with van der Waals surface area (Å²) in [5, 5.41) is 13.2. The molecule has 8 nitrogen and oxygen atoms in total. The second-order valence-corrected chi connectivity index (χ2v) is 6.87. The van der Waals surface area contributed by atoms with Crippen molar-refractivity contribution in [2.45, 2.75) is 25.4 Å². The number of nitrogens with one attached hydrogen (secondary N) is 3. The van der Waals surface area contributed by atoms with Crippen molar-refractivity contribution in [1.82, 2.24) is 29.9 Å². The average molecular weight is 373 g/mol. The lowest BCUT2D eigenvalue weighted by atomic mass is 10.1. The lowest BCUT2D eigenvalue weighted by molar-refractivity contribution is 0.0951. The number of H-pyrrole nitrogens is 1. The van der Waals surface area contributed by atoms with Gasteiger partial charge in [-0.05, 0) is 31.0 Å². The Labute approximate surface area is 161 Å². The number of carbonyl (C=O) groups excluding carboxylic acids is 1. The van der Waals surface area contributed by atoms with Crippen LogP contribution in [0.15, 0.2) is 55.1 Å². The molecular weight excluding hydrogens is 354 g/mol. The van der Waals surface area contributed by atoms with E-state index in [-0.39, 0.29) is 5.91 Å². The number of aromatic nitrogens is 5. The topological polar surface area (TPSA) is 100 Å². The minimum atomic E-state index is -0.0123. The molecule has 1 saturated carbocycles. The highest BCUT2D eigenvalue weighted by Gasteiger charge is 2.23. The van der Waals surface area contributed by atoms with Gasteiger partial charge in [0, 0.05) is 35.8 Å². The Morgan fingerprint density at radius 3 is 2.75 bits per heavy atom. The van der Waals surface area contributed by atoms with E-state index >= 15 is 0 Å². The predicted octanol–water partition coefficient (Wildman–Crippen LogP) is 2.62. The Morgan fingerprint density at radius 2 is 2.00 bits per heavy atom. The van der Waals surface area contributed by atoms with Crippen molar-refractivity contribution in [3.63, 3.8) is 0 Å². The van der Waals surface area contributed by atoms with Crippen molar-refractivity contribution < 1.29 is 4.79 Å². The van der Waals surface area contributed by atoms with Crippen molar-refractivity contribution in [2.24, 2.45) is 0 Å². The summed E-state index contributed by atoms with van der Waals surface area (Å²) in [7, 11) is 0. The van der Waals surface area contributed by atoms with Gasteiger partial charge < -0.3 is 10.6 Å². The molecule has 3 aromatic heterocycles. The maximum atomic E-state index is 12.2. The largest absolute Gasteiger partial charge is 0.361 e. The van der Waals surface area contributed by atoms with Crippen LogP contribution >= 0.6 is 0 Å². The molecular formula is C20H19N7O. The number of carbonyl (C=O) groups is 1. The number of anilines is 1. The number of benzene rings is 1. The van der Waals surface area contributed by atoms with E-state index in [0.717, 1.165) is 35.4 Å². The first-order valence-electron chi connectivity index (χ1n) is 9.23. The van der Waals surface area contributed by atoms with Crippen molar-refractivity contribution in [3.05, 3.63) is 66.4 Å². The highest BCUT2D eigenvalue weighted by atomic mass is 16.1. The Balaban J connectivity index is 1.40. The molecule has 0 spiro atoms. The summed E-state index contributed by atoms with van der Waals surface area (Å²) in [6, 6.07) is 9.86. The van der Waals surface area contributed by atoms with E-state index in [1.54, 1.807) is 12.4 Å². The van der Waals surface area contributed by atoms with E-state index in [4.69, 9.17) is 0 Å². The van der Waals surface area contributed by atoms with E-state index < -0.39 is 0 Å². The monoisotopic (exact) mass is 373 g/mol. The zero-order chi connectivity index (χ0) is 18.9. The van der Waals surface area contributed by atoms with Crippen LogP contribution < -0.4 is 10.6 Å². The summed E-state index contributed by atoms with van der Waals surface area (Å²) in [6.45, 7) is 0.583. The van der Waals surface area contributed by atoms with Crippen molar-refractivity contribution in [1.29, 1.82) is 0 Å². The first-order valence-corrected chi connectivity index (χ1v) is 9.23. The summed E-state index contributed by atoms with van der Waals surface area (Å²) in [5.74, 6) is 0.686. The summed E-state index contributed by atoms with van der Waals surface area (Å²) in [5.41, 5.74) is 4.31. The zero-order valence-corrected chi connectivity index (χ0v) is 15.1. The van der Waals surface area contributed by atoms with Crippen LogP contribution in [0.3, 0.4) is 0 Å². The summed E-state index contributed by atoms with van der Waals surface area (Å²) >= 11 is 0. The van der Waals surface area contributed by atoms with Gasteiger partial charge in [0.15, 0.2) is 11.5 Å². The van der Waals surface area contributed by atoms with Crippen LogP contribution in [-0.4, -0.2) is 36.5 Å². The van der Waals surface area contributed by atoms with E-state index in [1.165, 1.54) is 0 Å². The smallest absolute Gasteiger partial charge is 0.251 e. The molecule has 1 aliphatic carbocycles. The molecule has 8 heteroatoms. The van der Waals surface area contributed by atoms with Crippen LogP contribution in [0, 0.1) is 0 Å². The van der Waals surface area contributed by atoms with Gasteiger partial charge in [-0.3, -0.25) is 14.3 Å². The third-order valence-electron chi connectivity index (χ3n) is 4.79. The van der Waals surface area contributed by atoms with E-state index in [2.05, 4.69) is 30.8 Å². The van der Waals surface area contributed by atoms with Gasteiger partial charge in [-0.15, -0.1) is 0 Å². The molecule has 0 atom stereocenters. The molecule has 0 saturated heterocycles. The molecule has 0 aliphatic heterocycles. The maximum Gasteiger partial charge on any atom is 0.251 e. The Morgan fingerprint density at radius 1 is 1.14 bits per heavy atom. The molecule has 3 heterocycles. The quantitative estimate of drug-likeness (QED) is 0.482. The number of hydrogen-bond donors (Lipinski definition) is 3. The lowest BCUT2D eigenvalue weighted by Gasteiger charge is -2.08. The normalized spacial score (nSPS) is 13.6. The van der Waals surface area contributed by atoms with Crippen LogP contribution in [-0.2, 0) is 6.54 Å². The number of nitrogens with zero attached hydrogens (tertiary/aromatic N) is 4. The first kappa shape index (κ1) is 16.5. The minimum absolute atomic E-state index is 0.0123. The Hall–Kier alpha value is -3.68.